The third-order valence-electron chi connectivity index (χ3n) is 5.22. The Labute approximate surface area is 212 Å². The predicted octanol–water partition coefficient (Wildman–Crippen LogP) is 3.02. The SMILES string of the molecule is O=C(OCC(=O)N1CCOCC1)c1cc(N=Nc2ccc(S(=O)(=O)Nc3ccccn3)cc2)ccc1O. The normalized spacial score (nSPS) is 13.9. The molecule has 1 aliphatic rings. The van der Waals surface area contributed by atoms with Gasteiger partial charge in [-0.15, -0.1) is 0 Å². The van der Waals surface area contributed by atoms with Crippen molar-refractivity contribution in [3.63, 3.8) is 0 Å². The Bertz CT molecular complexity index is 1390. The Balaban J connectivity index is 1.39. The third kappa shape index (κ3) is 6.86. The summed E-state index contributed by atoms with van der Waals surface area (Å²) < 4.78 is 37.6. The number of morpholine rings is 1. The first-order valence-electron chi connectivity index (χ1n) is 11.1. The average Bonchev–Trinajstić information content (AvgIpc) is 2.92. The number of hydrogen-bond acceptors (Lipinski definition) is 10. The van der Waals surface area contributed by atoms with Crippen LogP contribution in [0.5, 0.6) is 5.75 Å². The van der Waals surface area contributed by atoms with Gasteiger partial charge in [-0.3, -0.25) is 9.52 Å². The summed E-state index contributed by atoms with van der Waals surface area (Å²) in [5.74, 6) is -1.38. The molecule has 13 heteroatoms. The molecule has 1 saturated heterocycles. The molecular weight excluding hydrogens is 502 g/mol. The fourth-order valence-corrected chi connectivity index (χ4v) is 4.29. The number of aromatic hydroxyl groups is 1. The quantitative estimate of drug-likeness (QED) is 0.335. The minimum Gasteiger partial charge on any atom is -0.507 e. The maximum absolute atomic E-state index is 12.5. The van der Waals surface area contributed by atoms with Gasteiger partial charge < -0.3 is 19.5 Å². The number of aromatic nitrogens is 1. The van der Waals surface area contributed by atoms with E-state index in [1.165, 1.54) is 59.6 Å². The zero-order valence-corrected chi connectivity index (χ0v) is 20.3. The van der Waals surface area contributed by atoms with Crippen LogP contribution in [-0.4, -0.2) is 68.2 Å². The molecular formula is C24H23N5O7S. The second kappa shape index (κ2) is 11.6. The molecule has 0 saturated carbocycles. The number of benzene rings is 2. The molecule has 37 heavy (non-hydrogen) atoms. The number of phenols is 1. The Morgan fingerprint density at radius 2 is 1.73 bits per heavy atom. The summed E-state index contributed by atoms with van der Waals surface area (Å²) in [7, 11) is -3.83. The molecule has 192 valence electrons. The van der Waals surface area contributed by atoms with Gasteiger partial charge in [0.05, 0.1) is 29.5 Å². The fourth-order valence-electron chi connectivity index (χ4n) is 3.29. The van der Waals surface area contributed by atoms with E-state index in [9.17, 15) is 23.1 Å². The number of nitrogens with one attached hydrogen (secondary N) is 1. The van der Waals surface area contributed by atoms with Crippen molar-refractivity contribution < 1.29 is 32.6 Å². The highest BCUT2D eigenvalue weighted by Crippen LogP contribution is 2.26. The molecule has 2 N–H and O–H groups in total. The highest BCUT2D eigenvalue weighted by atomic mass is 32.2. The molecule has 0 spiro atoms. The number of phenolic OH excluding ortho intramolecular Hbond substituents is 1. The maximum Gasteiger partial charge on any atom is 0.342 e. The fraction of sp³-hybridized carbons (Fsp3) is 0.208. The number of sulfonamides is 1. The number of pyridine rings is 1. The highest BCUT2D eigenvalue weighted by Gasteiger charge is 2.20. The van der Waals surface area contributed by atoms with Crippen molar-refractivity contribution in [1.29, 1.82) is 0 Å². The number of carbonyl (C=O) groups excluding carboxylic acids is 2. The van der Waals surface area contributed by atoms with Gasteiger partial charge in [-0.2, -0.15) is 10.2 Å². The van der Waals surface area contributed by atoms with E-state index < -0.39 is 22.6 Å². The topological polar surface area (TPSA) is 160 Å². The third-order valence-corrected chi connectivity index (χ3v) is 6.59. The van der Waals surface area contributed by atoms with Crippen molar-refractivity contribution in [2.24, 2.45) is 10.2 Å². The van der Waals surface area contributed by atoms with Crippen LogP contribution >= 0.6 is 0 Å². The summed E-state index contributed by atoms with van der Waals surface area (Å²) in [5.41, 5.74) is 0.413. The van der Waals surface area contributed by atoms with Crippen LogP contribution in [-0.2, 0) is 24.3 Å². The zero-order chi connectivity index (χ0) is 26.3. The van der Waals surface area contributed by atoms with Crippen LogP contribution in [0.2, 0.25) is 0 Å². The highest BCUT2D eigenvalue weighted by molar-refractivity contribution is 7.92. The van der Waals surface area contributed by atoms with Gasteiger partial charge >= 0.3 is 5.97 Å². The number of azo groups is 1. The van der Waals surface area contributed by atoms with Crippen LogP contribution in [0.1, 0.15) is 10.4 Å². The van der Waals surface area contributed by atoms with Gasteiger partial charge in [0, 0.05) is 19.3 Å². The Hall–Kier alpha value is -4.36. The summed E-state index contributed by atoms with van der Waals surface area (Å²) in [6.45, 7) is 1.23. The van der Waals surface area contributed by atoms with Gasteiger partial charge in [-0.25, -0.2) is 18.2 Å². The van der Waals surface area contributed by atoms with E-state index in [0.717, 1.165) is 0 Å². The molecule has 1 aliphatic heterocycles. The molecule has 0 radical (unpaired) electrons. The van der Waals surface area contributed by atoms with Crippen LogP contribution in [0.25, 0.3) is 0 Å². The largest absolute Gasteiger partial charge is 0.507 e. The van der Waals surface area contributed by atoms with E-state index in [-0.39, 0.29) is 33.6 Å². The van der Waals surface area contributed by atoms with E-state index in [0.29, 0.717) is 32.0 Å². The first-order chi connectivity index (χ1) is 17.8. The van der Waals surface area contributed by atoms with Crippen molar-refractivity contribution in [2.75, 3.05) is 37.6 Å². The molecule has 1 amide bonds. The molecule has 0 aliphatic carbocycles. The van der Waals surface area contributed by atoms with E-state index in [2.05, 4.69) is 19.9 Å². The molecule has 4 rings (SSSR count). The molecule has 12 nitrogen and oxygen atoms in total. The number of nitrogens with zero attached hydrogens (tertiary/aromatic N) is 4. The number of carbonyl (C=O) groups is 2. The maximum atomic E-state index is 12.5. The number of hydrogen-bond donors (Lipinski definition) is 2. The monoisotopic (exact) mass is 525 g/mol. The van der Waals surface area contributed by atoms with Crippen LogP contribution in [0, 0.1) is 0 Å². The molecule has 2 heterocycles. The van der Waals surface area contributed by atoms with Gasteiger partial charge in [0.1, 0.15) is 17.1 Å². The van der Waals surface area contributed by atoms with Crippen LogP contribution in [0.3, 0.4) is 0 Å². The van der Waals surface area contributed by atoms with Gasteiger partial charge in [0.25, 0.3) is 15.9 Å². The first-order valence-corrected chi connectivity index (χ1v) is 12.6. The van der Waals surface area contributed by atoms with Gasteiger partial charge in [0.15, 0.2) is 6.61 Å². The Morgan fingerprint density at radius 3 is 2.43 bits per heavy atom. The lowest BCUT2D eigenvalue weighted by molar-refractivity contribution is -0.138. The lowest BCUT2D eigenvalue weighted by Crippen LogP contribution is -2.42. The summed E-state index contributed by atoms with van der Waals surface area (Å²) >= 11 is 0. The molecule has 0 unspecified atom stereocenters. The molecule has 0 bridgehead atoms. The van der Waals surface area contributed by atoms with Gasteiger partial charge in [0.2, 0.25) is 0 Å². The smallest absolute Gasteiger partial charge is 0.342 e. The van der Waals surface area contributed by atoms with Crippen molar-refractivity contribution in [1.82, 2.24) is 9.88 Å². The van der Waals surface area contributed by atoms with Crippen molar-refractivity contribution >= 4 is 39.1 Å². The number of ether oxygens (including phenoxy) is 2. The Kier molecular flexibility index (Phi) is 8.05. The standard InChI is InChI=1S/C24H23N5O7S/c30-21-9-6-18(15-20(21)24(32)36-16-23(31)29-11-13-35-14-12-29)27-26-17-4-7-19(8-5-17)37(33,34)28-22-3-1-2-10-25-22/h1-10,15,30H,11-14,16H2,(H,25,28). The molecule has 1 fully saturated rings. The van der Waals surface area contributed by atoms with Crippen molar-refractivity contribution in [2.45, 2.75) is 4.90 Å². The van der Waals surface area contributed by atoms with Crippen molar-refractivity contribution in [3.8, 4) is 5.75 Å². The Morgan fingerprint density at radius 1 is 1.03 bits per heavy atom. The number of amides is 1. The second-order valence-corrected chi connectivity index (χ2v) is 9.47. The number of esters is 1. The number of rotatable bonds is 8. The van der Waals surface area contributed by atoms with E-state index in [1.807, 2.05) is 0 Å². The van der Waals surface area contributed by atoms with E-state index in [1.54, 1.807) is 12.1 Å². The summed E-state index contributed by atoms with van der Waals surface area (Å²) in [5, 5.41) is 18.1. The lowest BCUT2D eigenvalue weighted by Gasteiger charge is -2.26. The lowest BCUT2D eigenvalue weighted by atomic mass is 10.2. The first kappa shape index (κ1) is 25.7. The van der Waals surface area contributed by atoms with Crippen molar-refractivity contribution in [3.05, 3.63) is 72.4 Å². The minimum absolute atomic E-state index is 0.0124. The predicted molar refractivity (Wildman–Crippen MR) is 131 cm³/mol. The molecule has 2 aromatic carbocycles. The minimum atomic E-state index is -3.83. The van der Waals surface area contributed by atoms with Crippen LogP contribution in [0.4, 0.5) is 17.2 Å². The van der Waals surface area contributed by atoms with Gasteiger partial charge in [-0.1, -0.05) is 6.07 Å². The summed E-state index contributed by atoms with van der Waals surface area (Å²) in [6, 6.07) is 14.5. The van der Waals surface area contributed by atoms with E-state index in [4.69, 9.17) is 9.47 Å². The van der Waals surface area contributed by atoms with E-state index >= 15 is 0 Å². The molecule has 3 aromatic rings. The summed E-state index contributed by atoms with van der Waals surface area (Å²) in [4.78, 5) is 30.1. The zero-order valence-electron chi connectivity index (χ0n) is 19.5. The molecule has 1 aromatic heterocycles. The molecule has 0 atom stereocenters. The average molecular weight is 526 g/mol. The van der Waals surface area contributed by atoms with Gasteiger partial charge in [-0.05, 0) is 54.6 Å². The second-order valence-electron chi connectivity index (χ2n) is 7.79. The van der Waals surface area contributed by atoms with Crippen LogP contribution in [0.15, 0.2) is 82.0 Å². The summed E-state index contributed by atoms with van der Waals surface area (Å²) in [6.07, 6.45) is 1.47. The number of anilines is 1. The van der Waals surface area contributed by atoms with Crippen LogP contribution < -0.4 is 4.72 Å².